The van der Waals surface area contributed by atoms with E-state index in [1.807, 2.05) is 4.90 Å². The molecule has 0 aromatic heterocycles. The minimum absolute atomic E-state index is 0.0834. The molecule has 1 aliphatic heterocycles. The normalized spacial score (nSPS) is 17.6. The molecule has 21 heavy (non-hydrogen) atoms. The van der Waals surface area contributed by atoms with Crippen molar-refractivity contribution in [2.24, 2.45) is 5.73 Å². The minimum Gasteiger partial charge on any atom is -0.368 e. The van der Waals surface area contributed by atoms with E-state index in [1.54, 1.807) is 30.0 Å². The number of primary amides is 1. The number of carbonyl (C=O) groups is 2. The summed E-state index contributed by atoms with van der Waals surface area (Å²) in [5.74, 6) is -0.431. The van der Waals surface area contributed by atoms with Crippen LogP contribution in [0.3, 0.4) is 0 Å². The summed E-state index contributed by atoms with van der Waals surface area (Å²) >= 11 is 11.8. The summed E-state index contributed by atoms with van der Waals surface area (Å²) in [6.45, 7) is 4.13. The lowest BCUT2D eigenvalue weighted by atomic mass is 10.1. The predicted molar refractivity (Wildman–Crippen MR) is 82.6 cm³/mol. The van der Waals surface area contributed by atoms with Crippen molar-refractivity contribution in [1.82, 2.24) is 9.80 Å². The zero-order valence-corrected chi connectivity index (χ0v) is 13.2. The van der Waals surface area contributed by atoms with Gasteiger partial charge in [0, 0.05) is 31.7 Å². The van der Waals surface area contributed by atoms with E-state index in [0.717, 1.165) is 0 Å². The number of nitrogens with two attached hydrogens (primary N) is 1. The Kier molecular flexibility index (Phi) is 5.08. The van der Waals surface area contributed by atoms with Crippen LogP contribution in [0.15, 0.2) is 18.2 Å². The lowest BCUT2D eigenvalue weighted by Gasteiger charge is -2.37. The van der Waals surface area contributed by atoms with Gasteiger partial charge in [-0.05, 0) is 25.1 Å². The largest absolute Gasteiger partial charge is 0.368 e. The number of hydrogen-bond donors (Lipinski definition) is 1. The summed E-state index contributed by atoms with van der Waals surface area (Å²) in [4.78, 5) is 27.3. The Bertz CT molecular complexity index is 557. The summed E-state index contributed by atoms with van der Waals surface area (Å²) in [7, 11) is 0. The number of hydrogen-bond acceptors (Lipinski definition) is 3. The smallest absolute Gasteiger partial charge is 0.253 e. The molecule has 1 atom stereocenters. The predicted octanol–water partition coefficient (Wildman–Crippen LogP) is 1.63. The van der Waals surface area contributed by atoms with Crippen molar-refractivity contribution in [3.05, 3.63) is 33.8 Å². The van der Waals surface area contributed by atoms with E-state index >= 15 is 0 Å². The molecule has 7 heteroatoms. The monoisotopic (exact) mass is 329 g/mol. The highest BCUT2D eigenvalue weighted by atomic mass is 35.5. The highest BCUT2D eigenvalue weighted by Crippen LogP contribution is 2.23. The van der Waals surface area contributed by atoms with Crippen LogP contribution in [0.25, 0.3) is 0 Å². The van der Waals surface area contributed by atoms with Crippen LogP contribution in [-0.4, -0.2) is 53.8 Å². The molecule has 2 amide bonds. The number of halogens is 2. The fourth-order valence-corrected chi connectivity index (χ4v) is 2.60. The van der Waals surface area contributed by atoms with Crippen molar-refractivity contribution in [1.29, 1.82) is 0 Å². The fraction of sp³-hybridized carbons (Fsp3) is 0.429. The highest BCUT2D eigenvalue weighted by Gasteiger charge is 2.26. The van der Waals surface area contributed by atoms with Crippen LogP contribution < -0.4 is 5.73 Å². The van der Waals surface area contributed by atoms with Gasteiger partial charge < -0.3 is 10.6 Å². The van der Waals surface area contributed by atoms with Crippen molar-refractivity contribution in [3.63, 3.8) is 0 Å². The second kappa shape index (κ2) is 6.64. The zero-order chi connectivity index (χ0) is 15.6. The van der Waals surface area contributed by atoms with Crippen molar-refractivity contribution in [2.75, 3.05) is 26.2 Å². The minimum atomic E-state index is -0.348. The molecule has 1 heterocycles. The lowest BCUT2D eigenvalue weighted by Crippen LogP contribution is -2.54. The first-order chi connectivity index (χ1) is 9.90. The Morgan fingerprint density at radius 3 is 2.29 bits per heavy atom. The Labute approximate surface area is 133 Å². The maximum absolute atomic E-state index is 12.4. The third-order valence-corrected chi connectivity index (χ3v) is 4.47. The average Bonchev–Trinajstić information content (AvgIpc) is 2.48. The van der Waals surface area contributed by atoms with Gasteiger partial charge in [0.25, 0.3) is 5.91 Å². The van der Waals surface area contributed by atoms with Gasteiger partial charge in [-0.2, -0.15) is 0 Å². The second-order valence-corrected chi connectivity index (χ2v) is 5.85. The molecular weight excluding hydrogens is 313 g/mol. The first kappa shape index (κ1) is 16.1. The zero-order valence-electron chi connectivity index (χ0n) is 11.7. The standard InChI is InChI=1S/C14H17Cl2N3O2/c1-9(13(17)20)18-4-6-19(7-5-18)14(21)10-2-3-11(15)12(16)8-10/h2-3,8-9H,4-7H2,1H3,(H2,17,20). The maximum atomic E-state index is 12.4. The highest BCUT2D eigenvalue weighted by molar-refractivity contribution is 6.42. The molecule has 1 aromatic rings. The van der Waals surface area contributed by atoms with E-state index in [0.29, 0.717) is 41.8 Å². The van der Waals surface area contributed by atoms with E-state index in [2.05, 4.69) is 0 Å². The molecule has 114 valence electrons. The van der Waals surface area contributed by atoms with Crippen LogP contribution >= 0.6 is 23.2 Å². The van der Waals surface area contributed by atoms with Crippen molar-refractivity contribution >= 4 is 35.0 Å². The van der Waals surface area contributed by atoms with Gasteiger partial charge in [-0.3, -0.25) is 14.5 Å². The van der Waals surface area contributed by atoms with Crippen LogP contribution in [0.5, 0.6) is 0 Å². The molecule has 1 aromatic carbocycles. The molecule has 1 saturated heterocycles. The fourth-order valence-electron chi connectivity index (χ4n) is 2.30. The quantitative estimate of drug-likeness (QED) is 0.916. The number of rotatable bonds is 3. The molecule has 0 bridgehead atoms. The van der Waals surface area contributed by atoms with Gasteiger partial charge in [-0.15, -0.1) is 0 Å². The molecule has 2 rings (SSSR count). The van der Waals surface area contributed by atoms with Crippen LogP contribution in [0.4, 0.5) is 0 Å². The topological polar surface area (TPSA) is 66.6 Å². The molecule has 0 radical (unpaired) electrons. The number of nitrogens with zero attached hydrogens (tertiary/aromatic N) is 2. The second-order valence-electron chi connectivity index (χ2n) is 5.04. The van der Waals surface area contributed by atoms with E-state index in [9.17, 15) is 9.59 Å². The van der Waals surface area contributed by atoms with Crippen molar-refractivity contribution < 1.29 is 9.59 Å². The summed E-state index contributed by atoms with van der Waals surface area (Å²) in [6.07, 6.45) is 0. The van der Waals surface area contributed by atoms with E-state index in [4.69, 9.17) is 28.9 Å². The SMILES string of the molecule is CC(C(N)=O)N1CCN(C(=O)c2ccc(Cl)c(Cl)c2)CC1. The van der Waals surface area contributed by atoms with Gasteiger partial charge in [-0.25, -0.2) is 0 Å². The van der Waals surface area contributed by atoms with Crippen LogP contribution in [0, 0.1) is 0 Å². The Hall–Kier alpha value is -1.30. The first-order valence-corrected chi connectivity index (χ1v) is 7.43. The average molecular weight is 330 g/mol. The van der Waals surface area contributed by atoms with Gasteiger partial charge in [0.2, 0.25) is 5.91 Å². The number of piperazine rings is 1. The van der Waals surface area contributed by atoms with Gasteiger partial charge in [0.1, 0.15) is 0 Å². The van der Waals surface area contributed by atoms with E-state index < -0.39 is 0 Å². The lowest BCUT2D eigenvalue weighted by molar-refractivity contribution is -0.123. The van der Waals surface area contributed by atoms with Crippen LogP contribution in [0.2, 0.25) is 10.0 Å². The molecular formula is C14H17Cl2N3O2. The van der Waals surface area contributed by atoms with Gasteiger partial charge in [-0.1, -0.05) is 23.2 Å². The molecule has 0 saturated carbocycles. The summed E-state index contributed by atoms with van der Waals surface area (Å²) in [5, 5.41) is 0.789. The molecule has 5 nitrogen and oxygen atoms in total. The third-order valence-electron chi connectivity index (χ3n) is 3.73. The summed E-state index contributed by atoms with van der Waals surface area (Å²) < 4.78 is 0. The Morgan fingerprint density at radius 1 is 1.14 bits per heavy atom. The Balaban J connectivity index is 2.00. The first-order valence-electron chi connectivity index (χ1n) is 6.68. The molecule has 0 aliphatic carbocycles. The molecule has 2 N–H and O–H groups in total. The summed E-state index contributed by atoms with van der Waals surface area (Å²) in [6, 6.07) is 4.54. The van der Waals surface area contributed by atoms with Gasteiger partial charge in [0.15, 0.2) is 0 Å². The van der Waals surface area contributed by atoms with Crippen molar-refractivity contribution in [3.8, 4) is 0 Å². The van der Waals surface area contributed by atoms with Crippen molar-refractivity contribution in [2.45, 2.75) is 13.0 Å². The maximum Gasteiger partial charge on any atom is 0.253 e. The number of carbonyl (C=O) groups excluding carboxylic acids is 2. The van der Waals surface area contributed by atoms with Crippen LogP contribution in [0.1, 0.15) is 17.3 Å². The number of amides is 2. The van der Waals surface area contributed by atoms with E-state index in [-0.39, 0.29) is 17.9 Å². The molecule has 0 spiro atoms. The molecule has 1 unspecified atom stereocenters. The van der Waals surface area contributed by atoms with Gasteiger partial charge >= 0.3 is 0 Å². The van der Waals surface area contributed by atoms with Crippen LogP contribution in [-0.2, 0) is 4.79 Å². The number of benzene rings is 1. The third kappa shape index (κ3) is 3.67. The van der Waals surface area contributed by atoms with Gasteiger partial charge in [0.05, 0.1) is 16.1 Å². The summed E-state index contributed by atoms with van der Waals surface area (Å²) in [5.41, 5.74) is 5.81. The molecule has 1 fully saturated rings. The molecule has 1 aliphatic rings. The Morgan fingerprint density at radius 2 is 1.76 bits per heavy atom. The van der Waals surface area contributed by atoms with E-state index in [1.165, 1.54) is 0 Å².